The summed E-state index contributed by atoms with van der Waals surface area (Å²) in [6.45, 7) is 0.474. The quantitative estimate of drug-likeness (QED) is 0.705. The van der Waals surface area contributed by atoms with Gasteiger partial charge in [0.1, 0.15) is 0 Å². The highest BCUT2D eigenvalue weighted by atomic mass is 16.5. The lowest BCUT2D eigenvalue weighted by molar-refractivity contribution is 0.178. The summed E-state index contributed by atoms with van der Waals surface area (Å²) >= 11 is 0. The summed E-state index contributed by atoms with van der Waals surface area (Å²) in [6, 6.07) is 23.9. The molecule has 0 bridgehead atoms. The maximum atomic E-state index is 12.3. The fourth-order valence-electron chi connectivity index (χ4n) is 2.57. The molecule has 0 atom stereocenters. The molecular formula is C19H17NO2. The monoisotopic (exact) mass is 291 g/mol. The number of fused-ring (bicyclic) bond motifs is 1. The van der Waals surface area contributed by atoms with Crippen molar-refractivity contribution in [2.45, 2.75) is 6.54 Å². The highest BCUT2D eigenvalue weighted by Gasteiger charge is 2.18. The topological polar surface area (TPSA) is 29.5 Å². The van der Waals surface area contributed by atoms with Gasteiger partial charge in [-0.1, -0.05) is 66.7 Å². The van der Waals surface area contributed by atoms with Gasteiger partial charge in [0.25, 0.3) is 0 Å². The predicted octanol–water partition coefficient (Wildman–Crippen LogP) is 4.61. The van der Waals surface area contributed by atoms with E-state index in [1.165, 1.54) is 7.11 Å². The number of amides is 1. The smallest absolute Gasteiger partial charge is 0.414 e. The number of hydrogen-bond donors (Lipinski definition) is 0. The molecule has 22 heavy (non-hydrogen) atoms. The molecule has 0 aliphatic rings. The molecular weight excluding hydrogens is 274 g/mol. The first-order chi connectivity index (χ1) is 10.8. The fraction of sp³-hybridized carbons (Fsp3) is 0.105. The molecule has 0 aliphatic carbocycles. The second-order valence-electron chi connectivity index (χ2n) is 5.04. The van der Waals surface area contributed by atoms with Crippen LogP contribution in [0.5, 0.6) is 0 Å². The number of nitrogens with zero attached hydrogens (tertiary/aromatic N) is 1. The van der Waals surface area contributed by atoms with Gasteiger partial charge < -0.3 is 4.74 Å². The number of rotatable bonds is 3. The Balaban J connectivity index is 2.07. The third-order valence-electron chi connectivity index (χ3n) is 3.64. The van der Waals surface area contributed by atoms with E-state index >= 15 is 0 Å². The van der Waals surface area contributed by atoms with Gasteiger partial charge in [0.05, 0.1) is 19.3 Å². The molecule has 0 spiro atoms. The third-order valence-corrected chi connectivity index (χ3v) is 3.64. The molecule has 3 aromatic rings. The number of ether oxygens (including phenoxy) is 1. The summed E-state index contributed by atoms with van der Waals surface area (Å²) in [5, 5.41) is 2.13. The van der Waals surface area contributed by atoms with Crippen molar-refractivity contribution in [3.8, 4) is 0 Å². The molecule has 3 heteroatoms. The number of benzene rings is 3. The first kappa shape index (κ1) is 14.1. The van der Waals surface area contributed by atoms with Crippen molar-refractivity contribution in [2.24, 2.45) is 0 Å². The van der Waals surface area contributed by atoms with Gasteiger partial charge in [0.15, 0.2) is 0 Å². The van der Waals surface area contributed by atoms with Crippen LogP contribution in [-0.4, -0.2) is 13.2 Å². The van der Waals surface area contributed by atoms with Crippen molar-refractivity contribution in [1.82, 2.24) is 0 Å². The van der Waals surface area contributed by atoms with Crippen LogP contribution >= 0.6 is 0 Å². The van der Waals surface area contributed by atoms with Crippen LogP contribution in [-0.2, 0) is 11.3 Å². The minimum atomic E-state index is -0.361. The Labute approximate surface area is 129 Å². The third kappa shape index (κ3) is 2.79. The van der Waals surface area contributed by atoms with E-state index in [1.807, 2.05) is 72.8 Å². The molecule has 3 rings (SSSR count). The maximum Gasteiger partial charge on any atom is 0.414 e. The molecule has 0 radical (unpaired) electrons. The summed E-state index contributed by atoms with van der Waals surface area (Å²) in [4.78, 5) is 13.9. The number of hydrogen-bond acceptors (Lipinski definition) is 2. The van der Waals surface area contributed by atoms with E-state index in [0.717, 1.165) is 22.0 Å². The van der Waals surface area contributed by atoms with E-state index in [4.69, 9.17) is 4.74 Å². The number of anilines is 1. The van der Waals surface area contributed by atoms with Crippen LogP contribution in [0.1, 0.15) is 5.56 Å². The SMILES string of the molecule is COC(=O)N(Cc1ccccc1)c1cccc2ccccc12. The summed E-state index contributed by atoms with van der Waals surface area (Å²) in [7, 11) is 1.41. The van der Waals surface area contributed by atoms with E-state index in [2.05, 4.69) is 0 Å². The Morgan fingerprint density at radius 2 is 1.59 bits per heavy atom. The van der Waals surface area contributed by atoms with Crippen LogP contribution in [0.15, 0.2) is 72.8 Å². The van der Waals surface area contributed by atoms with E-state index < -0.39 is 0 Å². The van der Waals surface area contributed by atoms with Gasteiger partial charge in [-0.25, -0.2) is 4.79 Å². The second kappa shape index (κ2) is 6.31. The van der Waals surface area contributed by atoms with Gasteiger partial charge >= 0.3 is 6.09 Å². The molecule has 0 aliphatic heterocycles. The van der Waals surface area contributed by atoms with Crippen LogP contribution in [0.3, 0.4) is 0 Å². The van der Waals surface area contributed by atoms with Gasteiger partial charge in [0.2, 0.25) is 0 Å². The molecule has 3 aromatic carbocycles. The molecule has 0 heterocycles. The zero-order valence-electron chi connectivity index (χ0n) is 12.4. The Kier molecular flexibility index (Phi) is 4.05. The molecule has 0 N–H and O–H groups in total. The van der Waals surface area contributed by atoms with Crippen LogP contribution < -0.4 is 4.90 Å². The average Bonchev–Trinajstić information content (AvgIpc) is 2.59. The van der Waals surface area contributed by atoms with E-state index in [1.54, 1.807) is 4.90 Å². The van der Waals surface area contributed by atoms with E-state index in [-0.39, 0.29) is 6.09 Å². The highest BCUT2D eigenvalue weighted by Crippen LogP contribution is 2.28. The average molecular weight is 291 g/mol. The second-order valence-corrected chi connectivity index (χ2v) is 5.04. The molecule has 3 nitrogen and oxygen atoms in total. The van der Waals surface area contributed by atoms with Crippen molar-refractivity contribution >= 4 is 22.6 Å². The molecule has 0 saturated carbocycles. The van der Waals surface area contributed by atoms with Crippen LogP contribution in [0, 0.1) is 0 Å². The van der Waals surface area contributed by atoms with Crippen molar-refractivity contribution in [3.63, 3.8) is 0 Å². The fourth-order valence-corrected chi connectivity index (χ4v) is 2.57. The first-order valence-electron chi connectivity index (χ1n) is 7.17. The lowest BCUT2D eigenvalue weighted by Gasteiger charge is -2.23. The van der Waals surface area contributed by atoms with Gasteiger partial charge in [-0.15, -0.1) is 0 Å². The normalized spacial score (nSPS) is 10.4. The van der Waals surface area contributed by atoms with Crippen molar-refractivity contribution in [2.75, 3.05) is 12.0 Å². The Bertz CT molecular complexity index is 778. The Hall–Kier alpha value is -2.81. The molecule has 0 fully saturated rings. The predicted molar refractivity (Wildman–Crippen MR) is 89.0 cm³/mol. The summed E-state index contributed by atoms with van der Waals surface area (Å²) < 4.78 is 4.97. The van der Waals surface area contributed by atoms with Gasteiger partial charge in [-0.2, -0.15) is 0 Å². The maximum absolute atomic E-state index is 12.3. The van der Waals surface area contributed by atoms with Gasteiger partial charge in [-0.3, -0.25) is 4.90 Å². The largest absolute Gasteiger partial charge is 0.452 e. The zero-order valence-corrected chi connectivity index (χ0v) is 12.4. The first-order valence-corrected chi connectivity index (χ1v) is 7.17. The van der Waals surface area contributed by atoms with E-state index in [9.17, 15) is 4.79 Å². The molecule has 0 unspecified atom stereocenters. The zero-order chi connectivity index (χ0) is 15.4. The lowest BCUT2D eigenvalue weighted by atomic mass is 10.1. The van der Waals surface area contributed by atoms with Gasteiger partial charge in [0, 0.05) is 5.39 Å². The highest BCUT2D eigenvalue weighted by molar-refractivity contribution is 6.01. The minimum absolute atomic E-state index is 0.361. The van der Waals surface area contributed by atoms with Gasteiger partial charge in [-0.05, 0) is 17.0 Å². The van der Waals surface area contributed by atoms with E-state index in [0.29, 0.717) is 6.54 Å². The molecule has 1 amide bonds. The van der Waals surface area contributed by atoms with Crippen molar-refractivity contribution in [3.05, 3.63) is 78.4 Å². The Morgan fingerprint density at radius 3 is 2.36 bits per heavy atom. The van der Waals surface area contributed by atoms with Crippen molar-refractivity contribution < 1.29 is 9.53 Å². The summed E-state index contributed by atoms with van der Waals surface area (Å²) in [6.07, 6.45) is -0.361. The summed E-state index contributed by atoms with van der Waals surface area (Å²) in [5.74, 6) is 0. The van der Waals surface area contributed by atoms with Crippen molar-refractivity contribution in [1.29, 1.82) is 0 Å². The lowest BCUT2D eigenvalue weighted by Crippen LogP contribution is -2.30. The summed E-state index contributed by atoms with van der Waals surface area (Å²) in [5.41, 5.74) is 1.91. The molecule has 0 saturated heterocycles. The number of carbonyl (C=O) groups excluding carboxylic acids is 1. The minimum Gasteiger partial charge on any atom is -0.452 e. The molecule has 110 valence electrons. The van der Waals surface area contributed by atoms with Crippen LogP contribution in [0.4, 0.5) is 10.5 Å². The molecule has 0 aromatic heterocycles. The Morgan fingerprint density at radius 1 is 0.909 bits per heavy atom. The van der Waals surface area contributed by atoms with Crippen LogP contribution in [0.2, 0.25) is 0 Å². The standard InChI is InChI=1S/C19H17NO2/c1-22-19(21)20(14-15-8-3-2-4-9-15)18-13-7-11-16-10-5-6-12-17(16)18/h2-13H,14H2,1H3. The van der Waals surface area contributed by atoms with Crippen LogP contribution in [0.25, 0.3) is 10.8 Å². The number of carbonyl (C=O) groups is 1. The number of methoxy groups -OCH3 is 1.